The number of carbonyl (C=O) groups excluding carboxylic acids is 1. The second-order valence-corrected chi connectivity index (χ2v) is 5.52. The lowest BCUT2D eigenvalue weighted by atomic mass is 10.3. The van der Waals surface area contributed by atoms with Gasteiger partial charge in [-0.25, -0.2) is 4.98 Å². The first-order valence-corrected chi connectivity index (χ1v) is 7.04. The number of carbonyl (C=O) groups is 2. The normalized spacial score (nSPS) is 11.7. The molecule has 1 rings (SSSR count). The highest BCUT2D eigenvalue weighted by molar-refractivity contribution is 8.00. The predicted molar refractivity (Wildman–Crippen MR) is 76.1 cm³/mol. The fourth-order valence-corrected chi connectivity index (χ4v) is 2.19. The lowest BCUT2D eigenvalue weighted by molar-refractivity contribution is -0.385. The van der Waals surface area contributed by atoms with Crippen LogP contribution in [-0.4, -0.2) is 38.7 Å². The van der Waals surface area contributed by atoms with Gasteiger partial charge >= 0.3 is 5.97 Å². The number of carboxylic acids is 1. The van der Waals surface area contributed by atoms with Crippen molar-refractivity contribution in [3.8, 4) is 0 Å². The quantitative estimate of drug-likeness (QED) is 0.322. The fraction of sp³-hybridized carbons (Fsp3) is 0.417. The van der Waals surface area contributed by atoms with E-state index in [1.165, 1.54) is 23.9 Å². The molecule has 0 aromatic carbocycles. The smallest absolute Gasteiger partial charge is 0.303 e. The number of nitrogens with zero attached hydrogens (tertiary/aromatic N) is 2. The van der Waals surface area contributed by atoms with E-state index in [0.717, 1.165) is 6.20 Å². The first-order chi connectivity index (χ1) is 9.90. The second-order valence-electron chi connectivity index (χ2n) is 4.16. The molecule has 0 saturated heterocycles. The minimum absolute atomic E-state index is 0.00567. The summed E-state index contributed by atoms with van der Waals surface area (Å²) in [4.78, 5) is 35.9. The minimum Gasteiger partial charge on any atom is -0.481 e. The van der Waals surface area contributed by atoms with Crippen molar-refractivity contribution in [1.29, 1.82) is 0 Å². The number of nitro groups is 1. The van der Waals surface area contributed by atoms with Gasteiger partial charge in [-0.3, -0.25) is 19.7 Å². The molecule has 0 spiro atoms. The first-order valence-electron chi connectivity index (χ1n) is 6.16. The predicted octanol–water partition coefficient (Wildman–Crippen LogP) is 1.45. The van der Waals surface area contributed by atoms with Gasteiger partial charge < -0.3 is 10.4 Å². The average Bonchev–Trinajstić information content (AvgIpc) is 2.43. The lowest BCUT2D eigenvalue weighted by Gasteiger charge is -2.10. The average molecular weight is 313 g/mol. The van der Waals surface area contributed by atoms with Crippen LogP contribution in [0.3, 0.4) is 0 Å². The molecule has 1 unspecified atom stereocenters. The minimum atomic E-state index is -0.901. The Balaban J connectivity index is 2.41. The Hall–Kier alpha value is -2.16. The number of rotatable bonds is 8. The second kappa shape index (κ2) is 8.20. The Morgan fingerprint density at radius 2 is 2.24 bits per heavy atom. The van der Waals surface area contributed by atoms with Crippen molar-refractivity contribution >= 4 is 29.3 Å². The monoisotopic (exact) mass is 313 g/mol. The zero-order valence-corrected chi connectivity index (χ0v) is 12.1. The summed E-state index contributed by atoms with van der Waals surface area (Å²) in [5.41, 5.74) is -0.106. The van der Waals surface area contributed by atoms with Gasteiger partial charge in [0.2, 0.25) is 5.91 Å². The highest BCUT2D eigenvalue weighted by Gasteiger charge is 2.15. The Bertz CT molecular complexity index is 520. The van der Waals surface area contributed by atoms with Crippen molar-refractivity contribution in [2.24, 2.45) is 0 Å². The molecule has 1 heterocycles. The zero-order chi connectivity index (χ0) is 15.8. The molecule has 0 aliphatic rings. The maximum atomic E-state index is 11.8. The molecule has 114 valence electrons. The Morgan fingerprint density at radius 3 is 2.76 bits per heavy atom. The van der Waals surface area contributed by atoms with Gasteiger partial charge in [-0.1, -0.05) is 11.8 Å². The van der Waals surface area contributed by atoms with Crippen molar-refractivity contribution in [1.82, 2.24) is 10.3 Å². The summed E-state index contributed by atoms with van der Waals surface area (Å²) < 4.78 is 0. The summed E-state index contributed by atoms with van der Waals surface area (Å²) in [6.45, 7) is 1.98. The summed E-state index contributed by atoms with van der Waals surface area (Å²) >= 11 is 1.17. The largest absolute Gasteiger partial charge is 0.481 e. The molecular formula is C12H15N3O5S. The van der Waals surface area contributed by atoms with Crippen LogP contribution in [0.2, 0.25) is 0 Å². The Labute approximate surface area is 125 Å². The Morgan fingerprint density at radius 1 is 1.52 bits per heavy atom. The summed E-state index contributed by atoms with van der Waals surface area (Å²) in [6, 6.07) is 2.81. The SMILES string of the molecule is CC(Sc1ccc([N+](=O)[O-])cn1)C(=O)NCCCC(=O)O. The molecular weight excluding hydrogens is 298 g/mol. The third kappa shape index (κ3) is 6.21. The van der Waals surface area contributed by atoms with Gasteiger partial charge in [0.1, 0.15) is 6.20 Å². The van der Waals surface area contributed by atoms with E-state index in [-0.39, 0.29) is 18.0 Å². The highest BCUT2D eigenvalue weighted by atomic mass is 32.2. The van der Waals surface area contributed by atoms with E-state index in [2.05, 4.69) is 10.3 Å². The van der Waals surface area contributed by atoms with Crippen molar-refractivity contribution in [3.05, 3.63) is 28.4 Å². The number of carboxylic acid groups (broad SMARTS) is 1. The van der Waals surface area contributed by atoms with E-state index in [0.29, 0.717) is 18.0 Å². The maximum absolute atomic E-state index is 11.8. The van der Waals surface area contributed by atoms with Gasteiger partial charge in [-0.2, -0.15) is 0 Å². The molecule has 1 aromatic rings. The van der Waals surface area contributed by atoms with Gasteiger partial charge in [-0.05, 0) is 19.4 Å². The molecule has 0 fully saturated rings. The topological polar surface area (TPSA) is 122 Å². The number of amides is 1. The van der Waals surface area contributed by atoms with E-state index >= 15 is 0 Å². The van der Waals surface area contributed by atoms with Gasteiger partial charge in [0.15, 0.2) is 0 Å². The molecule has 2 N–H and O–H groups in total. The van der Waals surface area contributed by atoms with Crippen molar-refractivity contribution in [2.75, 3.05) is 6.54 Å². The molecule has 0 saturated carbocycles. The molecule has 0 aliphatic carbocycles. The van der Waals surface area contributed by atoms with Crippen LogP contribution in [0.5, 0.6) is 0 Å². The molecule has 8 nitrogen and oxygen atoms in total. The molecule has 1 atom stereocenters. The van der Waals surface area contributed by atoms with Gasteiger partial charge in [0.05, 0.1) is 15.2 Å². The molecule has 1 aromatic heterocycles. The van der Waals surface area contributed by atoms with Crippen LogP contribution in [0.4, 0.5) is 5.69 Å². The molecule has 9 heteroatoms. The van der Waals surface area contributed by atoms with Crippen LogP contribution < -0.4 is 5.32 Å². The number of hydrogen-bond donors (Lipinski definition) is 2. The van der Waals surface area contributed by atoms with Gasteiger partial charge in [0, 0.05) is 19.0 Å². The molecule has 1 amide bonds. The van der Waals surface area contributed by atoms with Crippen LogP contribution in [0, 0.1) is 10.1 Å². The summed E-state index contributed by atoms with van der Waals surface area (Å²) in [5.74, 6) is -1.13. The van der Waals surface area contributed by atoms with Crippen LogP contribution in [0.1, 0.15) is 19.8 Å². The number of nitrogens with one attached hydrogen (secondary N) is 1. The van der Waals surface area contributed by atoms with Gasteiger partial charge in [0.25, 0.3) is 5.69 Å². The molecule has 0 aliphatic heterocycles. The standard InChI is InChI=1S/C12H15N3O5S/c1-8(12(18)13-6-2-3-11(16)17)21-10-5-4-9(7-14-10)15(19)20/h4-5,7-8H,2-3,6H2,1H3,(H,13,18)(H,16,17). The number of aliphatic carboxylic acids is 1. The number of aromatic nitrogens is 1. The Kier molecular flexibility index (Phi) is 6.60. The fourth-order valence-electron chi connectivity index (χ4n) is 1.38. The number of hydrogen-bond acceptors (Lipinski definition) is 6. The van der Waals surface area contributed by atoms with E-state index in [4.69, 9.17) is 5.11 Å². The van der Waals surface area contributed by atoms with Gasteiger partial charge in [-0.15, -0.1) is 0 Å². The van der Waals surface area contributed by atoms with E-state index < -0.39 is 16.1 Å². The highest BCUT2D eigenvalue weighted by Crippen LogP contribution is 2.22. The van der Waals surface area contributed by atoms with E-state index in [1.54, 1.807) is 6.92 Å². The number of thioether (sulfide) groups is 1. The van der Waals surface area contributed by atoms with E-state index in [1.807, 2.05) is 0 Å². The van der Waals surface area contributed by atoms with E-state index in [9.17, 15) is 19.7 Å². The molecule has 21 heavy (non-hydrogen) atoms. The van der Waals surface area contributed by atoms with Crippen LogP contribution in [0.25, 0.3) is 0 Å². The van der Waals surface area contributed by atoms with Crippen LogP contribution in [0.15, 0.2) is 23.4 Å². The van der Waals surface area contributed by atoms with Crippen LogP contribution in [-0.2, 0) is 9.59 Å². The molecule has 0 radical (unpaired) electrons. The summed E-state index contributed by atoms with van der Waals surface area (Å²) in [5, 5.41) is 21.7. The summed E-state index contributed by atoms with van der Waals surface area (Å²) in [7, 11) is 0. The third-order valence-corrected chi connectivity index (χ3v) is 3.52. The maximum Gasteiger partial charge on any atom is 0.303 e. The molecule has 0 bridgehead atoms. The number of pyridine rings is 1. The zero-order valence-electron chi connectivity index (χ0n) is 11.3. The van der Waals surface area contributed by atoms with Crippen molar-refractivity contribution < 1.29 is 19.6 Å². The third-order valence-electron chi connectivity index (χ3n) is 2.46. The lowest BCUT2D eigenvalue weighted by Crippen LogP contribution is -2.31. The van der Waals surface area contributed by atoms with Crippen molar-refractivity contribution in [3.63, 3.8) is 0 Å². The summed E-state index contributed by atoms with van der Waals surface area (Å²) in [6.07, 6.45) is 1.51. The first kappa shape index (κ1) is 16.9. The van der Waals surface area contributed by atoms with Crippen LogP contribution >= 0.6 is 11.8 Å². The van der Waals surface area contributed by atoms with Crippen molar-refractivity contribution in [2.45, 2.75) is 30.0 Å².